The number of ether oxygens (including phenoxy) is 1. The molecule has 0 heterocycles. The van der Waals surface area contributed by atoms with Crippen LogP contribution in [0.15, 0.2) is 24.3 Å². The minimum Gasteiger partial charge on any atom is -0.385 e. The van der Waals surface area contributed by atoms with Gasteiger partial charge < -0.3 is 4.74 Å². The summed E-state index contributed by atoms with van der Waals surface area (Å²) in [5, 5.41) is 10.6. The molecule has 16 heavy (non-hydrogen) atoms. The fourth-order valence-electron chi connectivity index (χ4n) is 1.45. The second-order valence-corrected chi connectivity index (χ2v) is 4.09. The van der Waals surface area contributed by atoms with Gasteiger partial charge in [-0.1, -0.05) is 18.2 Å². The van der Waals surface area contributed by atoms with Crippen LogP contribution in [0.5, 0.6) is 0 Å². The fourth-order valence-corrected chi connectivity index (χ4v) is 1.70. The Bertz CT molecular complexity index is 357. The van der Waals surface area contributed by atoms with Crippen LogP contribution in [0, 0.1) is 10.1 Å². The molecule has 88 valence electrons. The van der Waals surface area contributed by atoms with E-state index >= 15 is 0 Å². The smallest absolute Gasteiger partial charge is 0.272 e. The molecule has 1 unspecified atom stereocenters. The summed E-state index contributed by atoms with van der Waals surface area (Å²) < 4.78 is 4.91. The topological polar surface area (TPSA) is 52.4 Å². The average Bonchev–Trinajstić information content (AvgIpc) is 2.27. The molecule has 0 saturated heterocycles. The zero-order valence-electron chi connectivity index (χ0n) is 9.06. The number of para-hydroxylation sites is 1. The Morgan fingerprint density at radius 2 is 2.19 bits per heavy atom. The molecule has 1 aromatic carbocycles. The molecule has 5 heteroatoms. The monoisotopic (exact) mass is 243 g/mol. The van der Waals surface area contributed by atoms with Crippen LogP contribution >= 0.6 is 11.6 Å². The van der Waals surface area contributed by atoms with E-state index in [1.807, 2.05) is 0 Å². The first-order valence-electron chi connectivity index (χ1n) is 5.00. The number of benzene rings is 1. The summed E-state index contributed by atoms with van der Waals surface area (Å²) in [4.78, 5) is 10.4. The van der Waals surface area contributed by atoms with Crippen LogP contribution in [0.4, 0.5) is 5.69 Å². The number of halogens is 1. The molecule has 0 fully saturated rings. The van der Waals surface area contributed by atoms with E-state index in [1.165, 1.54) is 6.07 Å². The summed E-state index contributed by atoms with van der Waals surface area (Å²) in [6.07, 6.45) is 1.17. The number of rotatable bonds is 6. The third-order valence-electron chi connectivity index (χ3n) is 2.26. The third-order valence-corrected chi connectivity index (χ3v) is 2.64. The molecular weight excluding hydrogens is 230 g/mol. The van der Waals surface area contributed by atoms with Gasteiger partial charge in [-0.3, -0.25) is 10.1 Å². The first-order valence-corrected chi connectivity index (χ1v) is 5.44. The van der Waals surface area contributed by atoms with Gasteiger partial charge in [-0.2, -0.15) is 0 Å². The number of hydrogen-bond acceptors (Lipinski definition) is 3. The Balaban J connectivity index is 2.69. The standard InChI is InChI=1S/C11H14ClNO3/c1-16-7-6-10(12)8-9-4-2-3-5-11(9)13(14)15/h2-5,10H,6-8H2,1H3. The molecule has 0 aliphatic carbocycles. The van der Waals surface area contributed by atoms with Crippen molar-refractivity contribution in [3.05, 3.63) is 39.9 Å². The first-order chi connectivity index (χ1) is 7.65. The van der Waals surface area contributed by atoms with Gasteiger partial charge in [0.1, 0.15) is 0 Å². The zero-order chi connectivity index (χ0) is 12.0. The summed E-state index contributed by atoms with van der Waals surface area (Å²) >= 11 is 6.07. The Morgan fingerprint density at radius 3 is 2.81 bits per heavy atom. The van der Waals surface area contributed by atoms with Gasteiger partial charge in [-0.15, -0.1) is 11.6 Å². The van der Waals surface area contributed by atoms with Crippen LogP contribution in [0.1, 0.15) is 12.0 Å². The lowest BCUT2D eigenvalue weighted by Crippen LogP contribution is -2.08. The summed E-state index contributed by atoms with van der Waals surface area (Å²) in [6, 6.07) is 6.66. The maximum absolute atomic E-state index is 10.8. The van der Waals surface area contributed by atoms with Gasteiger partial charge in [0, 0.05) is 30.7 Å². The molecule has 0 aliphatic heterocycles. The molecular formula is C11H14ClNO3. The third kappa shape index (κ3) is 3.79. The van der Waals surface area contributed by atoms with Crippen molar-refractivity contribution in [2.24, 2.45) is 0 Å². The SMILES string of the molecule is COCCC(Cl)Cc1ccccc1[N+](=O)[O-]. The molecule has 1 aromatic rings. The van der Waals surface area contributed by atoms with Crippen molar-refractivity contribution in [2.45, 2.75) is 18.2 Å². The Hall–Kier alpha value is -1.13. The van der Waals surface area contributed by atoms with Crippen LogP contribution < -0.4 is 0 Å². The molecule has 4 nitrogen and oxygen atoms in total. The molecule has 0 saturated carbocycles. The predicted molar refractivity (Wildman–Crippen MR) is 62.9 cm³/mol. The summed E-state index contributed by atoms with van der Waals surface area (Å²) in [5.41, 5.74) is 0.800. The normalized spacial score (nSPS) is 12.4. The van der Waals surface area contributed by atoms with Gasteiger partial charge in [0.25, 0.3) is 5.69 Å². The maximum atomic E-state index is 10.8. The lowest BCUT2D eigenvalue weighted by molar-refractivity contribution is -0.385. The van der Waals surface area contributed by atoms with Crippen molar-refractivity contribution in [1.82, 2.24) is 0 Å². The highest BCUT2D eigenvalue weighted by Crippen LogP contribution is 2.21. The number of alkyl halides is 1. The fraction of sp³-hybridized carbons (Fsp3) is 0.455. The number of hydrogen-bond donors (Lipinski definition) is 0. The molecule has 0 amide bonds. The Labute approximate surface area is 99.3 Å². The molecule has 0 N–H and O–H groups in total. The minimum atomic E-state index is -0.380. The summed E-state index contributed by atoms with van der Waals surface area (Å²) in [5.74, 6) is 0. The summed E-state index contributed by atoms with van der Waals surface area (Å²) in [6.45, 7) is 0.564. The minimum absolute atomic E-state index is 0.130. The van der Waals surface area contributed by atoms with Gasteiger partial charge in [-0.05, 0) is 12.8 Å². The van der Waals surface area contributed by atoms with E-state index in [-0.39, 0.29) is 16.0 Å². The van der Waals surface area contributed by atoms with E-state index in [0.29, 0.717) is 25.0 Å². The number of nitro groups is 1. The van der Waals surface area contributed by atoms with Crippen LogP contribution in [0.3, 0.4) is 0 Å². The highest BCUT2D eigenvalue weighted by molar-refractivity contribution is 6.20. The van der Waals surface area contributed by atoms with Crippen molar-refractivity contribution in [1.29, 1.82) is 0 Å². The molecule has 0 radical (unpaired) electrons. The van der Waals surface area contributed by atoms with Crippen LogP contribution in [-0.4, -0.2) is 24.0 Å². The lowest BCUT2D eigenvalue weighted by atomic mass is 10.1. The zero-order valence-corrected chi connectivity index (χ0v) is 9.81. The Morgan fingerprint density at radius 1 is 1.50 bits per heavy atom. The molecule has 0 spiro atoms. The summed E-state index contributed by atoms with van der Waals surface area (Å²) in [7, 11) is 1.61. The molecule has 0 bridgehead atoms. The van der Waals surface area contributed by atoms with Crippen molar-refractivity contribution in [2.75, 3.05) is 13.7 Å². The lowest BCUT2D eigenvalue weighted by Gasteiger charge is -2.08. The van der Waals surface area contributed by atoms with Gasteiger partial charge in [0.15, 0.2) is 0 Å². The van der Waals surface area contributed by atoms with E-state index in [0.717, 1.165) is 0 Å². The van der Waals surface area contributed by atoms with Gasteiger partial charge >= 0.3 is 0 Å². The largest absolute Gasteiger partial charge is 0.385 e. The van der Waals surface area contributed by atoms with Crippen LogP contribution in [0.2, 0.25) is 0 Å². The molecule has 1 atom stereocenters. The van der Waals surface area contributed by atoms with Crippen molar-refractivity contribution in [3.63, 3.8) is 0 Å². The van der Waals surface area contributed by atoms with Crippen LogP contribution in [0.25, 0.3) is 0 Å². The molecule has 0 aliphatic rings. The van der Waals surface area contributed by atoms with E-state index in [4.69, 9.17) is 16.3 Å². The van der Waals surface area contributed by atoms with E-state index in [9.17, 15) is 10.1 Å². The highest BCUT2D eigenvalue weighted by atomic mass is 35.5. The van der Waals surface area contributed by atoms with Gasteiger partial charge in [0.05, 0.1) is 4.92 Å². The number of nitrogens with zero attached hydrogens (tertiary/aromatic N) is 1. The van der Waals surface area contributed by atoms with Gasteiger partial charge in [0.2, 0.25) is 0 Å². The predicted octanol–water partition coefficient (Wildman–Crippen LogP) is 2.78. The van der Waals surface area contributed by atoms with E-state index < -0.39 is 0 Å². The Kier molecular flexibility index (Phi) is 5.22. The van der Waals surface area contributed by atoms with Gasteiger partial charge in [-0.25, -0.2) is 0 Å². The quantitative estimate of drug-likeness (QED) is 0.439. The highest BCUT2D eigenvalue weighted by Gasteiger charge is 2.15. The van der Waals surface area contributed by atoms with Crippen molar-refractivity contribution in [3.8, 4) is 0 Å². The van der Waals surface area contributed by atoms with Crippen molar-refractivity contribution >= 4 is 17.3 Å². The number of methoxy groups -OCH3 is 1. The maximum Gasteiger partial charge on any atom is 0.272 e. The molecule has 0 aromatic heterocycles. The molecule has 1 rings (SSSR count). The number of nitro benzene ring substituents is 1. The second-order valence-electron chi connectivity index (χ2n) is 3.47. The van der Waals surface area contributed by atoms with E-state index in [1.54, 1.807) is 25.3 Å². The average molecular weight is 244 g/mol. The van der Waals surface area contributed by atoms with Crippen molar-refractivity contribution < 1.29 is 9.66 Å². The van der Waals surface area contributed by atoms with E-state index in [2.05, 4.69) is 0 Å². The first kappa shape index (κ1) is 12.9. The van der Waals surface area contributed by atoms with Crippen LogP contribution in [-0.2, 0) is 11.2 Å². The second kappa shape index (κ2) is 6.45.